The molecule has 6 heteroatoms. The van der Waals surface area contributed by atoms with Gasteiger partial charge in [0.15, 0.2) is 0 Å². The summed E-state index contributed by atoms with van der Waals surface area (Å²) < 4.78 is 7.65. The highest BCUT2D eigenvalue weighted by molar-refractivity contribution is 7.80. The molecule has 0 saturated heterocycles. The average Bonchev–Trinajstić information content (AvgIpc) is 2.98. The Morgan fingerprint density at radius 2 is 2.21 bits per heavy atom. The molecule has 0 spiro atoms. The molecule has 4 rings (SSSR count). The molecule has 2 aliphatic rings. The molecule has 0 amide bonds. The van der Waals surface area contributed by atoms with Crippen LogP contribution in [-0.2, 0) is 0 Å². The van der Waals surface area contributed by atoms with E-state index in [1.165, 1.54) is 0 Å². The standard InChI is InChI=1S/C13H12N4OS/c1-5-3-4-7-9-8-6(2)15-16-12(8)18-13(19)10(9)11(14)17(5)7/h3-4,9H,14H2,1-2H3,(H,15,16). The fraction of sp³-hybridized carbons (Fsp3) is 0.231. The van der Waals surface area contributed by atoms with E-state index in [9.17, 15) is 0 Å². The summed E-state index contributed by atoms with van der Waals surface area (Å²) in [4.78, 5) is 0. The van der Waals surface area contributed by atoms with Crippen LogP contribution in [0.4, 0.5) is 0 Å². The van der Waals surface area contributed by atoms with Gasteiger partial charge in [-0.15, -0.1) is 5.10 Å². The molecule has 0 aliphatic carbocycles. The lowest BCUT2D eigenvalue weighted by Gasteiger charge is -2.21. The van der Waals surface area contributed by atoms with Crippen LogP contribution in [0.3, 0.4) is 0 Å². The van der Waals surface area contributed by atoms with Crippen LogP contribution in [0.1, 0.15) is 28.6 Å². The summed E-state index contributed by atoms with van der Waals surface area (Å²) >= 11 is 5.34. The normalized spacial score (nSPS) is 20.1. The van der Waals surface area contributed by atoms with Gasteiger partial charge in [0.05, 0.1) is 17.1 Å². The minimum atomic E-state index is 0.0312. The molecule has 96 valence electrons. The Hall–Kier alpha value is -2.08. The summed E-state index contributed by atoms with van der Waals surface area (Å²) in [5.41, 5.74) is 11.4. The number of ether oxygens (including phenoxy) is 1. The van der Waals surface area contributed by atoms with Crippen molar-refractivity contribution >= 4 is 23.1 Å². The highest BCUT2D eigenvalue weighted by atomic mass is 32.1. The minimum Gasteiger partial charge on any atom is -0.425 e. The Labute approximate surface area is 115 Å². The SMILES string of the molecule is Cc1[nH]nc2c1C1C(=C(N)n3c(C)ccc31)C(=S)O2. The van der Waals surface area contributed by atoms with Crippen LogP contribution in [0.5, 0.6) is 5.88 Å². The van der Waals surface area contributed by atoms with Gasteiger partial charge in [-0.05, 0) is 38.2 Å². The number of fused-ring (bicyclic) bond motifs is 5. The van der Waals surface area contributed by atoms with Crippen molar-refractivity contribution in [1.82, 2.24) is 14.8 Å². The molecule has 4 heterocycles. The number of rotatable bonds is 0. The van der Waals surface area contributed by atoms with E-state index in [0.717, 1.165) is 28.2 Å². The van der Waals surface area contributed by atoms with Gasteiger partial charge in [-0.1, -0.05) is 0 Å². The zero-order valence-corrected chi connectivity index (χ0v) is 11.3. The van der Waals surface area contributed by atoms with Crippen LogP contribution >= 0.6 is 12.2 Å². The van der Waals surface area contributed by atoms with Crippen LogP contribution in [-0.4, -0.2) is 19.8 Å². The molecule has 5 nitrogen and oxygen atoms in total. The van der Waals surface area contributed by atoms with Crippen molar-refractivity contribution in [2.45, 2.75) is 19.8 Å². The van der Waals surface area contributed by atoms with E-state index in [2.05, 4.69) is 22.3 Å². The second kappa shape index (κ2) is 3.27. The third kappa shape index (κ3) is 1.14. The van der Waals surface area contributed by atoms with E-state index in [1.54, 1.807) is 0 Å². The van der Waals surface area contributed by atoms with Gasteiger partial charge in [0.2, 0.25) is 10.9 Å². The fourth-order valence-corrected chi connectivity index (χ4v) is 3.32. The summed E-state index contributed by atoms with van der Waals surface area (Å²) in [6, 6.07) is 4.15. The van der Waals surface area contributed by atoms with Crippen molar-refractivity contribution in [1.29, 1.82) is 0 Å². The van der Waals surface area contributed by atoms with Crippen molar-refractivity contribution in [2.75, 3.05) is 0 Å². The van der Waals surface area contributed by atoms with Gasteiger partial charge in [-0.3, -0.25) is 5.10 Å². The summed E-state index contributed by atoms with van der Waals surface area (Å²) in [5.74, 6) is 1.26. The molecule has 2 aromatic heterocycles. The van der Waals surface area contributed by atoms with Gasteiger partial charge in [-0.2, -0.15) is 0 Å². The third-order valence-electron chi connectivity index (χ3n) is 3.87. The van der Waals surface area contributed by atoms with E-state index in [4.69, 9.17) is 22.7 Å². The molecule has 0 bridgehead atoms. The summed E-state index contributed by atoms with van der Waals surface area (Å²) in [5, 5.41) is 7.54. The lowest BCUT2D eigenvalue weighted by Crippen LogP contribution is -2.22. The smallest absolute Gasteiger partial charge is 0.243 e. The van der Waals surface area contributed by atoms with Gasteiger partial charge in [0.1, 0.15) is 5.82 Å². The molecule has 0 saturated carbocycles. The maximum absolute atomic E-state index is 6.26. The molecule has 2 aromatic rings. The first-order valence-corrected chi connectivity index (χ1v) is 6.45. The predicted octanol–water partition coefficient (Wildman–Crippen LogP) is 1.82. The predicted molar refractivity (Wildman–Crippen MR) is 75.0 cm³/mol. The molecule has 2 aliphatic heterocycles. The Kier molecular flexibility index (Phi) is 1.86. The largest absolute Gasteiger partial charge is 0.425 e. The highest BCUT2D eigenvalue weighted by Crippen LogP contribution is 2.48. The van der Waals surface area contributed by atoms with E-state index in [-0.39, 0.29) is 5.92 Å². The summed E-state index contributed by atoms with van der Waals surface area (Å²) in [7, 11) is 0. The molecule has 3 N–H and O–H groups in total. The van der Waals surface area contributed by atoms with Crippen LogP contribution in [0.25, 0.3) is 5.82 Å². The van der Waals surface area contributed by atoms with Crippen LogP contribution in [0.2, 0.25) is 0 Å². The van der Waals surface area contributed by atoms with Gasteiger partial charge in [0, 0.05) is 17.1 Å². The highest BCUT2D eigenvalue weighted by Gasteiger charge is 2.42. The van der Waals surface area contributed by atoms with Gasteiger partial charge in [-0.25, -0.2) is 0 Å². The topological polar surface area (TPSA) is 68.9 Å². The second-order valence-corrected chi connectivity index (χ2v) is 5.29. The second-order valence-electron chi connectivity index (χ2n) is 4.92. The Morgan fingerprint density at radius 3 is 3.00 bits per heavy atom. The monoisotopic (exact) mass is 272 g/mol. The quantitative estimate of drug-likeness (QED) is 0.718. The number of nitrogens with zero attached hydrogens (tertiary/aromatic N) is 2. The van der Waals surface area contributed by atoms with E-state index < -0.39 is 0 Å². The molecule has 1 unspecified atom stereocenters. The Bertz CT molecular complexity index is 768. The molecular weight excluding hydrogens is 260 g/mol. The number of aromatic nitrogens is 3. The van der Waals surface area contributed by atoms with E-state index in [1.807, 2.05) is 18.4 Å². The zero-order chi connectivity index (χ0) is 13.3. The van der Waals surface area contributed by atoms with E-state index in [0.29, 0.717) is 16.8 Å². The van der Waals surface area contributed by atoms with E-state index >= 15 is 0 Å². The van der Waals surface area contributed by atoms with Crippen molar-refractivity contribution in [3.8, 4) is 5.88 Å². The van der Waals surface area contributed by atoms with Crippen molar-refractivity contribution < 1.29 is 4.74 Å². The van der Waals surface area contributed by atoms with Crippen LogP contribution < -0.4 is 10.5 Å². The number of aromatic amines is 1. The first kappa shape index (κ1) is 10.8. The first-order valence-electron chi connectivity index (χ1n) is 6.05. The fourth-order valence-electron chi connectivity index (χ4n) is 3.02. The molecule has 1 atom stereocenters. The van der Waals surface area contributed by atoms with Crippen LogP contribution in [0, 0.1) is 13.8 Å². The Balaban J connectivity index is 2.09. The van der Waals surface area contributed by atoms with Crippen molar-refractivity contribution in [3.05, 3.63) is 40.4 Å². The number of thiocarbonyl (C=S) groups is 1. The lowest BCUT2D eigenvalue weighted by atomic mass is 9.89. The average molecular weight is 272 g/mol. The maximum Gasteiger partial charge on any atom is 0.243 e. The number of hydrogen-bond donors (Lipinski definition) is 2. The molecule has 0 fully saturated rings. The molecular formula is C13H12N4OS. The molecule has 0 radical (unpaired) electrons. The number of nitrogens with two attached hydrogens (primary N) is 1. The Morgan fingerprint density at radius 1 is 1.42 bits per heavy atom. The molecule has 0 aromatic carbocycles. The van der Waals surface area contributed by atoms with Crippen LogP contribution in [0.15, 0.2) is 17.7 Å². The lowest BCUT2D eigenvalue weighted by molar-refractivity contribution is 0.513. The summed E-state index contributed by atoms with van der Waals surface area (Å²) in [6.45, 7) is 4.01. The van der Waals surface area contributed by atoms with Gasteiger partial charge < -0.3 is 15.0 Å². The number of aryl methyl sites for hydroxylation is 2. The number of H-pyrrole nitrogens is 1. The van der Waals surface area contributed by atoms with Gasteiger partial charge >= 0.3 is 0 Å². The van der Waals surface area contributed by atoms with Crippen molar-refractivity contribution in [3.63, 3.8) is 0 Å². The molecule has 19 heavy (non-hydrogen) atoms. The first-order chi connectivity index (χ1) is 9.09. The van der Waals surface area contributed by atoms with Gasteiger partial charge in [0.25, 0.3) is 0 Å². The minimum absolute atomic E-state index is 0.0312. The zero-order valence-electron chi connectivity index (χ0n) is 10.5. The number of hydrogen-bond acceptors (Lipinski definition) is 4. The number of nitrogens with one attached hydrogen (secondary N) is 1. The third-order valence-corrected chi connectivity index (χ3v) is 4.17. The summed E-state index contributed by atoms with van der Waals surface area (Å²) in [6.07, 6.45) is 0. The van der Waals surface area contributed by atoms with Crippen molar-refractivity contribution in [2.24, 2.45) is 5.73 Å². The maximum atomic E-state index is 6.26.